The molecule has 0 radical (unpaired) electrons. The first-order valence-corrected chi connectivity index (χ1v) is 3.93. The number of rotatable bonds is 1. The summed E-state index contributed by atoms with van der Waals surface area (Å²) in [5, 5.41) is 0. The fourth-order valence-electron chi connectivity index (χ4n) is 1.27. The molecule has 1 nitrogen and oxygen atoms in total. The lowest BCUT2D eigenvalue weighted by Gasteiger charge is -2.07. The van der Waals surface area contributed by atoms with Gasteiger partial charge < -0.3 is 5.73 Å². The van der Waals surface area contributed by atoms with Crippen LogP contribution < -0.4 is 5.73 Å². The van der Waals surface area contributed by atoms with Crippen molar-refractivity contribution in [3.8, 4) is 0 Å². The molecule has 0 aliphatic rings. The molecule has 0 amide bonds. The van der Waals surface area contributed by atoms with E-state index in [1.807, 2.05) is 6.92 Å². The van der Waals surface area contributed by atoms with Crippen LogP contribution in [0.15, 0.2) is 18.2 Å². The van der Waals surface area contributed by atoms with Gasteiger partial charge in [-0.1, -0.05) is 29.3 Å². The Labute approximate surface area is 68.2 Å². The topological polar surface area (TPSA) is 26.0 Å². The minimum Gasteiger partial charge on any atom is -0.324 e. The first-order valence-electron chi connectivity index (χ1n) is 3.93. The van der Waals surface area contributed by atoms with E-state index < -0.39 is 0 Å². The summed E-state index contributed by atoms with van der Waals surface area (Å²) in [7, 11) is 0. The molecule has 1 heteroatoms. The van der Waals surface area contributed by atoms with Gasteiger partial charge in [-0.3, -0.25) is 0 Å². The van der Waals surface area contributed by atoms with Crippen molar-refractivity contribution in [2.24, 2.45) is 5.73 Å². The van der Waals surface area contributed by atoms with E-state index in [1.54, 1.807) is 0 Å². The zero-order valence-corrected chi connectivity index (χ0v) is 7.39. The van der Waals surface area contributed by atoms with Gasteiger partial charge in [0.05, 0.1) is 0 Å². The standard InChI is InChI=1S/C10H15N/c1-7-4-8(2)6-10(5-7)9(3)11/h4-6,9H,11H2,1-3H3/t9-/m0/s1. The van der Waals surface area contributed by atoms with Crippen molar-refractivity contribution in [1.29, 1.82) is 0 Å². The summed E-state index contributed by atoms with van der Waals surface area (Å²) in [5.74, 6) is 0. The maximum atomic E-state index is 5.75. The Morgan fingerprint density at radius 2 is 1.55 bits per heavy atom. The van der Waals surface area contributed by atoms with E-state index in [9.17, 15) is 0 Å². The maximum Gasteiger partial charge on any atom is 0.0266 e. The zero-order chi connectivity index (χ0) is 8.43. The van der Waals surface area contributed by atoms with Gasteiger partial charge in [-0.05, 0) is 26.3 Å². The van der Waals surface area contributed by atoms with Gasteiger partial charge in [0.25, 0.3) is 0 Å². The molecule has 0 unspecified atom stereocenters. The summed E-state index contributed by atoms with van der Waals surface area (Å²) >= 11 is 0. The SMILES string of the molecule is Cc1cc(C)cc([C@H](C)N)c1. The number of hydrogen-bond donors (Lipinski definition) is 1. The second-order valence-electron chi connectivity index (χ2n) is 3.21. The van der Waals surface area contributed by atoms with Crippen molar-refractivity contribution in [3.05, 3.63) is 34.9 Å². The van der Waals surface area contributed by atoms with Crippen LogP contribution in [-0.2, 0) is 0 Å². The fourth-order valence-corrected chi connectivity index (χ4v) is 1.27. The lowest BCUT2D eigenvalue weighted by Crippen LogP contribution is -2.05. The van der Waals surface area contributed by atoms with Gasteiger partial charge in [0.15, 0.2) is 0 Å². The van der Waals surface area contributed by atoms with Gasteiger partial charge >= 0.3 is 0 Å². The molecular weight excluding hydrogens is 134 g/mol. The fraction of sp³-hybridized carbons (Fsp3) is 0.400. The van der Waals surface area contributed by atoms with E-state index in [4.69, 9.17) is 5.73 Å². The highest BCUT2D eigenvalue weighted by Crippen LogP contribution is 2.13. The molecule has 1 rings (SSSR count). The zero-order valence-electron chi connectivity index (χ0n) is 7.39. The number of benzene rings is 1. The monoisotopic (exact) mass is 149 g/mol. The first-order chi connectivity index (χ1) is 5.09. The van der Waals surface area contributed by atoms with Crippen LogP contribution >= 0.6 is 0 Å². The Kier molecular flexibility index (Phi) is 2.30. The molecule has 0 bridgehead atoms. The minimum absolute atomic E-state index is 0.147. The molecular formula is C10H15N. The second kappa shape index (κ2) is 3.05. The summed E-state index contributed by atoms with van der Waals surface area (Å²) in [5.41, 5.74) is 9.55. The lowest BCUT2D eigenvalue weighted by atomic mass is 10.0. The van der Waals surface area contributed by atoms with Gasteiger partial charge in [0.1, 0.15) is 0 Å². The maximum absolute atomic E-state index is 5.75. The molecule has 60 valence electrons. The Hall–Kier alpha value is -0.820. The quantitative estimate of drug-likeness (QED) is 0.651. The Balaban J connectivity index is 3.08. The van der Waals surface area contributed by atoms with Crippen molar-refractivity contribution in [2.45, 2.75) is 26.8 Å². The van der Waals surface area contributed by atoms with Crippen molar-refractivity contribution in [2.75, 3.05) is 0 Å². The van der Waals surface area contributed by atoms with E-state index >= 15 is 0 Å². The molecule has 1 aromatic rings. The van der Waals surface area contributed by atoms with Gasteiger partial charge in [-0.25, -0.2) is 0 Å². The molecule has 0 saturated heterocycles. The summed E-state index contributed by atoms with van der Waals surface area (Å²) < 4.78 is 0. The van der Waals surface area contributed by atoms with Crippen molar-refractivity contribution < 1.29 is 0 Å². The minimum atomic E-state index is 0.147. The lowest BCUT2D eigenvalue weighted by molar-refractivity contribution is 0.815. The van der Waals surface area contributed by atoms with E-state index in [0.717, 1.165) is 0 Å². The Morgan fingerprint density at radius 1 is 1.09 bits per heavy atom. The summed E-state index contributed by atoms with van der Waals surface area (Å²) in [6.45, 7) is 6.20. The molecule has 0 aliphatic heterocycles. The molecule has 0 saturated carbocycles. The predicted molar refractivity (Wildman–Crippen MR) is 48.5 cm³/mol. The average molecular weight is 149 g/mol. The highest BCUT2D eigenvalue weighted by molar-refractivity contribution is 5.30. The number of aryl methyl sites for hydroxylation is 2. The third kappa shape index (κ3) is 2.05. The van der Waals surface area contributed by atoms with Crippen LogP contribution in [0.4, 0.5) is 0 Å². The largest absolute Gasteiger partial charge is 0.324 e. The number of hydrogen-bond acceptors (Lipinski definition) is 1. The Morgan fingerprint density at radius 3 is 1.91 bits per heavy atom. The number of nitrogens with two attached hydrogens (primary N) is 1. The van der Waals surface area contributed by atoms with Crippen molar-refractivity contribution in [3.63, 3.8) is 0 Å². The molecule has 0 aromatic heterocycles. The van der Waals surface area contributed by atoms with Crippen LogP contribution in [0, 0.1) is 13.8 Å². The van der Waals surface area contributed by atoms with Crippen molar-refractivity contribution in [1.82, 2.24) is 0 Å². The van der Waals surface area contributed by atoms with Gasteiger partial charge in [-0.2, -0.15) is 0 Å². The molecule has 2 N–H and O–H groups in total. The Bertz CT molecular complexity index is 231. The van der Waals surface area contributed by atoms with E-state index in [1.165, 1.54) is 16.7 Å². The third-order valence-electron chi connectivity index (χ3n) is 1.77. The predicted octanol–water partition coefficient (Wildman–Crippen LogP) is 2.32. The molecule has 0 spiro atoms. The van der Waals surface area contributed by atoms with Gasteiger partial charge in [0.2, 0.25) is 0 Å². The van der Waals surface area contributed by atoms with Crippen LogP contribution in [0.1, 0.15) is 29.7 Å². The van der Waals surface area contributed by atoms with Crippen LogP contribution in [0.25, 0.3) is 0 Å². The summed E-state index contributed by atoms with van der Waals surface area (Å²) in [4.78, 5) is 0. The molecule has 0 aliphatic carbocycles. The van der Waals surface area contributed by atoms with Crippen LogP contribution in [-0.4, -0.2) is 0 Å². The molecule has 0 fully saturated rings. The molecule has 11 heavy (non-hydrogen) atoms. The average Bonchev–Trinajstić information content (AvgIpc) is 1.85. The molecule has 1 aromatic carbocycles. The van der Waals surface area contributed by atoms with Crippen LogP contribution in [0.3, 0.4) is 0 Å². The van der Waals surface area contributed by atoms with Crippen LogP contribution in [0.5, 0.6) is 0 Å². The second-order valence-corrected chi connectivity index (χ2v) is 3.21. The third-order valence-corrected chi connectivity index (χ3v) is 1.77. The van der Waals surface area contributed by atoms with Gasteiger partial charge in [0, 0.05) is 6.04 Å². The van der Waals surface area contributed by atoms with Crippen LogP contribution in [0.2, 0.25) is 0 Å². The van der Waals surface area contributed by atoms with E-state index in [-0.39, 0.29) is 6.04 Å². The summed E-state index contributed by atoms with van der Waals surface area (Å²) in [6, 6.07) is 6.58. The van der Waals surface area contributed by atoms with Crippen molar-refractivity contribution >= 4 is 0 Å². The highest BCUT2D eigenvalue weighted by atomic mass is 14.6. The van der Waals surface area contributed by atoms with Gasteiger partial charge in [-0.15, -0.1) is 0 Å². The summed E-state index contributed by atoms with van der Waals surface area (Å²) in [6.07, 6.45) is 0. The normalized spacial score (nSPS) is 13.1. The molecule has 1 atom stereocenters. The first kappa shape index (κ1) is 8.28. The highest BCUT2D eigenvalue weighted by Gasteiger charge is 1.99. The molecule has 0 heterocycles. The van der Waals surface area contributed by atoms with E-state index in [0.29, 0.717) is 0 Å². The smallest absolute Gasteiger partial charge is 0.0266 e. The van der Waals surface area contributed by atoms with E-state index in [2.05, 4.69) is 32.0 Å².